The Morgan fingerprint density at radius 1 is 0.906 bits per heavy atom. The minimum atomic E-state index is -0.781. The third-order valence-corrected chi connectivity index (χ3v) is 6.39. The Labute approximate surface area is 185 Å². The molecule has 9 heteroatoms. The van der Waals surface area contributed by atoms with Crippen LogP contribution in [0.4, 0.5) is 5.69 Å². The molecular formula is C23H15N5O3S. The minimum absolute atomic E-state index is 0.0398. The SMILES string of the molecule is O=C1C(=O)N(c2ccc3nc[nH]c3c2)C(c2ccc3nsnc3c2)C1c1cccc(O)c1. The molecule has 32 heavy (non-hydrogen) atoms. The van der Waals surface area contributed by atoms with Gasteiger partial charge in [0.15, 0.2) is 0 Å². The number of rotatable bonds is 3. The maximum atomic E-state index is 13.3. The lowest BCUT2D eigenvalue weighted by Crippen LogP contribution is -2.29. The van der Waals surface area contributed by atoms with Crippen LogP contribution >= 0.6 is 11.7 Å². The summed E-state index contributed by atoms with van der Waals surface area (Å²) in [5.74, 6) is -1.87. The van der Waals surface area contributed by atoms with E-state index in [1.54, 1.807) is 24.5 Å². The molecule has 1 aliphatic rings. The van der Waals surface area contributed by atoms with Crippen LogP contribution in [-0.4, -0.2) is 35.5 Å². The zero-order valence-electron chi connectivity index (χ0n) is 16.5. The van der Waals surface area contributed by atoms with Gasteiger partial charge in [0.05, 0.1) is 41.0 Å². The Morgan fingerprint density at radius 3 is 2.62 bits per heavy atom. The molecule has 156 valence electrons. The van der Waals surface area contributed by atoms with Crippen molar-refractivity contribution in [1.82, 2.24) is 18.7 Å². The van der Waals surface area contributed by atoms with Crippen molar-refractivity contribution in [2.45, 2.75) is 12.0 Å². The van der Waals surface area contributed by atoms with Crippen LogP contribution < -0.4 is 4.90 Å². The first-order valence-electron chi connectivity index (χ1n) is 9.92. The first kappa shape index (κ1) is 18.6. The van der Waals surface area contributed by atoms with Crippen molar-refractivity contribution >= 4 is 51.2 Å². The molecule has 5 aromatic rings. The van der Waals surface area contributed by atoms with Gasteiger partial charge in [-0.15, -0.1) is 0 Å². The summed E-state index contributed by atoms with van der Waals surface area (Å²) < 4.78 is 8.57. The van der Waals surface area contributed by atoms with Gasteiger partial charge in [-0.3, -0.25) is 14.5 Å². The molecule has 0 bridgehead atoms. The Kier molecular flexibility index (Phi) is 4.05. The average molecular weight is 441 g/mol. The third-order valence-electron chi connectivity index (χ3n) is 5.84. The summed E-state index contributed by atoms with van der Waals surface area (Å²) in [5.41, 5.74) is 4.93. The molecule has 1 amide bonds. The van der Waals surface area contributed by atoms with Crippen LogP contribution in [0.2, 0.25) is 0 Å². The predicted octanol–water partition coefficient (Wildman–Crippen LogP) is 3.71. The molecule has 2 aromatic heterocycles. The maximum Gasteiger partial charge on any atom is 0.295 e. The van der Waals surface area contributed by atoms with Crippen LogP contribution in [0.15, 0.2) is 67.0 Å². The summed E-state index contributed by atoms with van der Waals surface area (Å²) >= 11 is 1.11. The number of fused-ring (bicyclic) bond motifs is 2. The van der Waals surface area contributed by atoms with Gasteiger partial charge in [0.1, 0.15) is 16.8 Å². The van der Waals surface area contributed by atoms with E-state index in [1.807, 2.05) is 30.3 Å². The quantitative estimate of drug-likeness (QED) is 0.413. The van der Waals surface area contributed by atoms with Crippen molar-refractivity contribution in [3.05, 3.63) is 78.1 Å². The Balaban J connectivity index is 1.57. The number of carbonyl (C=O) groups is 2. The van der Waals surface area contributed by atoms with E-state index >= 15 is 0 Å². The number of benzene rings is 3. The molecule has 2 N–H and O–H groups in total. The second-order valence-electron chi connectivity index (χ2n) is 7.67. The molecule has 2 atom stereocenters. The summed E-state index contributed by atoms with van der Waals surface area (Å²) in [4.78, 5) is 35.4. The number of phenolic OH excluding ortho intramolecular Hbond substituents is 1. The number of phenols is 1. The fraction of sp³-hybridized carbons (Fsp3) is 0.0870. The number of carbonyl (C=O) groups excluding carboxylic acids is 2. The molecule has 3 heterocycles. The smallest absolute Gasteiger partial charge is 0.295 e. The van der Waals surface area contributed by atoms with Crippen molar-refractivity contribution in [1.29, 1.82) is 0 Å². The van der Waals surface area contributed by atoms with Crippen molar-refractivity contribution in [2.75, 3.05) is 4.90 Å². The first-order chi connectivity index (χ1) is 15.6. The van der Waals surface area contributed by atoms with E-state index in [4.69, 9.17) is 0 Å². The fourth-order valence-corrected chi connectivity index (χ4v) is 4.92. The van der Waals surface area contributed by atoms with Gasteiger partial charge >= 0.3 is 0 Å². The van der Waals surface area contributed by atoms with Gasteiger partial charge in [0, 0.05) is 5.69 Å². The lowest BCUT2D eigenvalue weighted by atomic mass is 9.86. The number of nitrogens with zero attached hydrogens (tertiary/aromatic N) is 4. The van der Waals surface area contributed by atoms with Gasteiger partial charge in [0.25, 0.3) is 5.91 Å². The highest BCUT2D eigenvalue weighted by Crippen LogP contribution is 2.46. The lowest BCUT2D eigenvalue weighted by Gasteiger charge is -2.28. The van der Waals surface area contributed by atoms with Crippen LogP contribution in [-0.2, 0) is 9.59 Å². The van der Waals surface area contributed by atoms with Crippen molar-refractivity contribution in [3.8, 4) is 5.75 Å². The number of aromatic nitrogens is 4. The zero-order chi connectivity index (χ0) is 21.8. The second-order valence-corrected chi connectivity index (χ2v) is 8.20. The van der Waals surface area contributed by atoms with E-state index in [2.05, 4.69) is 18.7 Å². The monoisotopic (exact) mass is 441 g/mol. The molecule has 0 radical (unpaired) electrons. The van der Waals surface area contributed by atoms with Crippen LogP contribution in [0.25, 0.3) is 22.1 Å². The van der Waals surface area contributed by atoms with E-state index in [0.717, 1.165) is 33.8 Å². The summed E-state index contributed by atoms with van der Waals surface area (Å²) in [6, 6.07) is 16.9. The Hall–Kier alpha value is -4.11. The maximum absolute atomic E-state index is 13.3. The van der Waals surface area contributed by atoms with Gasteiger partial charge in [-0.05, 0) is 53.6 Å². The number of Topliss-reactive ketones (excluding diaryl/α,β-unsaturated/α-hetero) is 1. The third kappa shape index (κ3) is 2.78. The van der Waals surface area contributed by atoms with E-state index in [9.17, 15) is 14.7 Å². The molecule has 0 spiro atoms. The minimum Gasteiger partial charge on any atom is -0.508 e. The molecule has 8 nitrogen and oxygen atoms in total. The Bertz CT molecular complexity index is 1520. The van der Waals surface area contributed by atoms with Crippen LogP contribution in [0.5, 0.6) is 5.75 Å². The summed E-state index contributed by atoms with van der Waals surface area (Å²) in [6.07, 6.45) is 1.58. The highest BCUT2D eigenvalue weighted by molar-refractivity contribution is 7.00. The van der Waals surface area contributed by atoms with Crippen LogP contribution in [0.1, 0.15) is 23.1 Å². The highest BCUT2D eigenvalue weighted by Gasteiger charge is 2.49. The molecule has 2 unspecified atom stereocenters. The molecule has 1 aliphatic heterocycles. The summed E-state index contributed by atoms with van der Waals surface area (Å²) in [5, 5.41) is 10.0. The summed E-state index contributed by atoms with van der Waals surface area (Å²) in [6.45, 7) is 0. The first-order valence-corrected chi connectivity index (χ1v) is 10.6. The van der Waals surface area contributed by atoms with Crippen molar-refractivity contribution < 1.29 is 14.7 Å². The highest BCUT2D eigenvalue weighted by atomic mass is 32.1. The number of anilines is 1. The van der Waals surface area contributed by atoms with Gasteiger partial charge in [-0.25, -0.2) is 4.98 Å². The molecule has 3 aromatic carbocycles. The van der Waals surface area contributed by atoms with Gasteiger partial charge < -0.3 is 10.1 Å². The van der Waals surface area contributed by atoms with Gasteiger partial charge in [-0.1, -0.05) is 18.2 Å². The number of hydrogen-bond acceptors (Lipinski definition) is 7. The van der Waals surface area contributed by atoms with Crippen molar-refractivity contribution in [3.63, 3.8) is 0 Å². The molecule has 0 saturated carbocycles. The zero-order valence-corrected chi connectivity index (χ0v) is 17.3. The lowest BCUT2D eigenvalue weighted by molar-refractivity contribution is -0.134. The number of amides is 1. The van der Waals surface area contributed by atoms with E-state index in [1.165, 1.54) is 17.0 Å². The largest absolute Gasteiger partial charge is 0.508 e. The Morgan fingerprint density at radius 2 is 1.75 bits per heavy atom. The van der Waals surface area contributed by atoms with Crippen LogP contribution in [0, 0.1) is 0 Å². The van der Waals surface area contributed by atoms with Crippen LogP contribution in [0.3, 0.4) is 0 Å². The molecule has 6 rings (SSSR count). The van der Waals surface area contributed by atoms with Gasteiger partial charge in [-0.2, -0.15) is 8.75 Å². The van der Waals surface area contributed by atoms with E-state index in [-0.39, 0.29) is 5.75 Å². The average Bonchev–Trinajstić information content (AvgIpc) is 3.51. The van der Waals surface area contributed by atoms with E-state index in [0.29, 0.717) is 16.8 Å². The number of imidazole rings is 1. The van der Waals surface area contributed by atoms with Gasteiger partial charge in [0.2, 0.25) is 5.78 Å². The summed E-state index contributed by atoms with van der Waals surface area (Å²) in [7, 11) is 0. The molecule has 1 fully saturated rings. The number of hydrogen-bond donors (Lipinski definition) is 2. The number of aromatic hydroxyl groups is 1. The fourth-order valence-electron chi connectivity index (χ4n) is 4.40. The predicted molar refractivity (Wildman–Crippen MR) is 120 cm³/mol. The number of ketones is 1. The number of H-pyrrole nitrogens is 1. The molecular weight excluding hydrogens is 426 g/mol. The molecule has 0 aliphatic carbocycles. The van der Waals surface area contributed by atoms with E-state index < -0.39 is 23.7 Å². The number of aromatic amines is 1. The second kappa shape index (κ2) is 6.96. The van der Waals surface area contributed by atoms with Crippen molar-refractivity contribution in [2.24, 2.45) is 0 Å². The molecule has 1 saturated heterocycles. The topological polar surface area (TPSA) is 112 Å². The standard InChI is InChI=1S/C23H15N5O3S/c29-15-3-1-2-12(8-15)20-21(13-4-6-17-19(9-13)27-32-26-17)28(23(31)22(20)30)14-5-7-16-18(10-14)25-11-24-16/h1-11,20-21,29H,(H,24,25). The normalized spacial score (nSPS) is 18.8. The number of nitrogens with one attached hydrogen (secondary N) is 1.